The number of hydrogen-bond acceptors (Lipinski definition) is 5. The molecule has 0 saturated carbocycles. The summed E-state index contributed by atoms with van der Waals surface area (Å²) in [7, 11) is -3.70. The Hall–Kier alpha value is -2.97. The summed E-state index contributed by atoms with van der Waals surface area (Å²) in [5, 5.41) is 3.38. The smallest absolute Gasteiger partial charge is 0.336 e. The van der Waals surface area contributed by atoms with Crippen LogP contribution in [0.15, 0.2) is 68.7 Å². The van der Waals surface area contributed by atoms with Crippen LogP contribution in [0.1, 0.15) is 32.8 Å². The number of carbonyl (C=O) groups excluding carboxylic acids is 1. The Morgan fingerprint density at radius 2 is 1.70 bits per heavy atom. The molecule has 2 aromatic carbocycles. The highest BCUT2D eigenvalue weighted by molar-refractivity contribution is 7.89. The Morgan fingerprint density at radius 1 is 1.00 bits per heavy atom. The zero-order valence-corrected chi connectivity index (χ0v) is 17.9. The molecule has 1 amide bonds. The summed E-state index contributed by atoms with van der Waals surface area (Å²) in [6.45, 7) is 6.13. The van der Waals surface area contributed by atoms with Crippen LogP contribution in [0.25, 0.3) is 11.0 Å². The normalized spacial score (nSPS) is 12.1. The molecular weight excluding hydrogens is 404 g/mol. The molecule has 0 spiro atoms. The standard InChI is InChI=1S/C22H24N2O5S/c1-22(2,3)16-5-8-18(9-6-16)30(27,28)23-13-12-20(25)24-17-7-10-19-15(14-17)4-11-21(26)29-19/h4-11,14,23H,12-13H2,1-3H3,(H,24,25). The van der Waals surface area contributed by atoms with Gasteiger partial charge in [-0.2, -0.15) is 0 Å². The molecule has 0 aliphatic rings. The summed E-state index contributed by atoms with van der Waals surface area (Å²) in [4.78, 5) is 23.5. The fraction of sp³-hybridized carbons (Fsp3) is 0.273. The average Bonchev–Trinajstić information content (AvgIpc) is 2.67. The Morgan fingerprint density at radius 3 is 2.37 bits per heavy atom. The van der Waals surface area contributed by atoms with Crippen molar-refractivity contribution in [1.29, 1.82) is 0 Å². The van der Waals surface area contributed by atoms with Crippen molar-refractivity contribution in [2.24, 2.45) is 0 Å². The fourth-order valence-electron chi connectivity index (χ4n) is 2.89. The van der Waals surface area contributed by atoms with Crippen molar-refractivity contribution >= 4 is 32.6 Å². The van der Waals surface area contributed by atoms with Crippen molar-refractivity contribution < 1.29 is 17.6 Å². The number of sulfonamides is 1. The lowest BCUT2D eigenvalue weighted by atomic mass is 9.87. The van der Waals surface area contributed by atoms with Crippen molar-refractivity contribution in [3.05, 3.63) is 70.6 Å². The number of hydrogen-bond donors (Lipinski definition) is 2. The van der Waals surface area contributed by atoms with Gasteiger partial charge in [0.25, 0.3) is 0 Å². The van der Waals surface area contributed by atoms with Gasteiger partial charge < -0.3 is 9.73 Å². The number of benzene rings is 2. The maximum Gasteiger partial charge on any atom is 0.336 e. The lowest BCUT2D eigenvalue weighted by Crippen LogP contribution is -2.28. The van der Waals surface area contributed by atoms with Crippen molar-refractivity contribution in [3.63, 3.8) is 0 Å². The number of amides is 1. The molecule has 0 bridgehead atoms. The maximum absolute atomic E-state index is 12.4. The van der Waals surface area contributed by atoms with Crippen molar-refractivity contribution in [2.75, 3.05) is 11.9 Å². The van der Waals surface area contributed by atoms with Gasteiger partial charge in [-0.05, 0) is 47.4 Å². The molecule has 0 atom stereocenters. The molecular formula is C22H24N2O5S. The van der Waals surface area contributed by atoms with Crippen molar-refractivity contribution in [3.8, 4) is 0 Å². The average molecular weight is 429 g/mol. The number of fused-ring (bicyclic) bond motifs is 1. The molecule has 3 rings (SSSR count). The summed E-state index contributed by atoms with van der Waals surface area (Å²) in [6.07, 6.45) is -0.0266. The highest BCUT2D eigenvalue weighted by Crippen LogP contribution is 2.23. The van der Waals surface area contributed by atoms with Gasteiger partial charge >= 0.3 is 5.63 Å². The summed E-state index contributed by atoms with van der Waals surface area (Å²) < 4.78 is 32.4. The lowest BCUT2D eigenvalue weighted by Gasteiger charge is -2.19. The van der Waals surface area contributed by atoms with Crippen molar-refractivity contribution in [1.82, 2.24) is 4.72 Å². The van der Waals surface area contributed by atoms with Crippen LogP contribution >= 0.6 is 0 Å². The first-order valence-corrected chi connectivity index (χ1v) is 11.0. The van der Waals surface area contributed by atoms with E-state index in [-0.39, 0.29) is 29.2 Å². The highest BCUT2D eigenvalue weighted by Gasteiger charge is 2.17. The van der Waals surface area contributed by atoms with Gasteiger partial charge in [-0.25, -0.2) is 17.9 Å². The Kier molecular flexibility index (Phi) is 6.09. The number of nitrogens with one attached hydrogen (secondary N) is 2. The molecule has 2 N–H and O–H groups in total. The minimum Gasteiger partial charge on any atom is -0.423 e. The summed E-state index contributed by atoms with van der Waals surface area (Å²) in [5.41, 5.74) is 1.48. The first-order valence-electron chi connectivity index (χ1n) is 9.49. The predicted molar refractivity (Wildman–Crippen MR) is 116 cm³/mol. The second-order valence-electron chi connectivity index (χ2n) is 7.98. The molecule has 1 heterocycles. The van der Waals surface area contributed by atoms with Crippen LogP contribution in [0.4, 0.5) is 5.69 Å². The minimum absolute atomic E-state index is 0.0266. The van der Waals surface area contributed by atoms with Gasteiger partial charge in [0.05, 0.1) is 4.90 Å². The van der Waals surface area contributed by atoms with Crippen LogP contribution in [0.5, 0.6) is 0 Å². The summed E-state index contributed by atoms with van der Waals surface area (Å²) in [6, 6.07) is 14.5. The van der Waals surface area contributed by atoms with Gasteiger partial charge in [-0.1, -0.05) is 32.9 Å². The number of carbonyl (C=O) groups is 1. The maximum atomic E-state index is 12.4. The monoisotopic (exact) mass is 428 g/mol. The van der Waals surface area contributed by atoms with Crippen LogP contribution in [-0.2, 0) is 20.2 Å². The van der Waals surface area contributed by atoms with Crippen LogP contribution in [0.2, 0.25) is 0 Å². The van der Waals surface area contributed by atoms with Gasteiger partial charge in [0, 0.05) is 30.1 Å². The SMILES string of the molecule is CC(C)(C)c1ccc(S(=O)(=O)NCCC(=O)Nc2ccc3oc(=O)ccc3c2)cc1. The second-order valence-corrected chi connectivity index (χ2v) is 9.74. The van der Waals surface area contributed by atoms with Gasteiger partial charge in [0.1, 0.15) is 5.58 Å². The molecule has 158 valence electrons. The second kappa shape index (κ2) is 8.41. The Labute approximate surface area is 175 Å². The molecule has 0 saturated heterocycles. The fourth-order valence-corrected chi connectivity index (χ4v) is 3.92. The quantitative estimate of drug-likeness (QED) is 0.586. The van der Waals surface area contributed by atoms with E-state index in [4.69, 9.17) is 4.42 Å². The largest absolute Gasteiger partial charge is 0.423 e. The molecule has 0 aliphatic heterocycles. The summed E-state index contributed by atoms with van der Waals surface area (Å²) in [5.74, 6) is -0.336. The number of rotatable bonds is 6. The van der Waals surface area contributed by atoms with Crippen molar-refractivity contribution in [2.45, 2.75) is 37.5 Å². The molecule has 0 unspecified atom stereocenters. The lowest BCUT2D eigenvalue weighted by molar-refractivity contribution is -0.116. The molecule has 1 aromatic heterocycles. The molecule has 0 aliphatic carbocycles. The van der Waals surface area contributed by atoms with Crippen LogP contribution < -0.4 is 15.7 Å². The van der Waals surface area contributed by atoms with E-state index >= 15 is 0 Å². The van der Waals surface area contributed by atoms with E-state index in [1.807, 2.05) is 0 Å². The Bertz CT molecular complexity index is 1220. The van der Waals surface area contributed by atoms with E-state index < -0.39 is 15.6 Å². The van der Waals surface area contributed by atoms with E-state index in [1.54, 1.807) is 48.5 Å². The van der Waals surface area contributed by atoms with E-state index in [2.05, 4.69) is 30.8 Å². The van der Waals surface area contributed by atoms with Crippen LogP contribution in [0, 0.1) is 0 Å². The van der Waals surface area contributed by atoms with Gasteiger partial charge in [-0.3, -0.25) is 4.79 Å². The predicted octanol–water partition coefficient (Wildman–Crippen LogP) is 3.40. The third-order valence-electron chi connectivity index (χ3n) is 4.58. The Balaban J connectivity index is 1.57. The van der Waals surface area contributed by atoms with E-state index in [0.29, 0.717) is 16.7 Å². The first-order chi connectivity index (χ1) is 14.0. The molecule has 0 fully saturated rings. The van der Waals surface area contributed by atoms with Crippen LogP contribution in [0.3, 0.4) is 0 Å². The molecule has 7 nitrogen and oxygen atoms in total. The van der Waals surface area contributed by atoms with Crippen LogP contribution in [-0.4, -0.2) is 20.9 Å². The zero-order valence-electron chi connectivity index (χ0n) is 17.1. The molecule has 8 heteroatoms. The highest BCUT2D eigenvalue weighted by atomic mass is 32.2. The summed E-state index contributed by atoms with van der Waals surface area (Å²) >= 11 is 0. The molecule has 0 radical (unpaired) electrons. The van der Waals surface area contributed by atoms with E-state index in [1.165, 1.54) is 6.07 Å². The van der Waals surface area contributed by atoms with E-state index in [0.717, 1.165) is 5.56 Å². The number of anilines is 1. The minimum atomic E-state index is -3.70. The van der Waals surface area contributed by atoms with Gasteiger partial charge in [0.2, 0.25) is 15.9 Å². The molecule has 30 heavy (non-hydrogen) atoms. The molecule has 3 aromatic rings. The third-order valence-corrected chi connectivity index (χ3v) is 6.05. The third kappa shape index (κ3) is 5.34. The van der Waals surface area contributed by atoms with E-state index in [9.17, 15) is 18.0 Å². The first kappa shape index (κ1) is 21.7. The zero-order chi connectivity index (χ0) is 21.9. The van der Waals surface area contributed by atoms with Gasteiger partial charge in [-0.15, -0.1) is 0 Å². The van der Waals surface area contributed by atoms with Gasteiger partial charge in [0.15, 0.2) is 0 Å². The topological polar surface area (TPSA) is 105 Å².